The molecule has 0 saturated carbocycles. The summed E-state index contributed by atoms with van der Waals surface area (Å²) in [7, 11) is 0. The zero-order chi connectivity index (χ0) is 16.9. The zero-order valence-corrected chi connectivity index (χ0v) is 13.4. The topological polar surface area (TPSA) is 79.6 Å². The van der Waals surface area contributed by atoms with Crippen molar-refractivity contribution < 1.29 is 18.8 Å². The summed E-state index contributed by atoms with van der Waals surface area (Å²) < 4.78 is 4.97. The maximum Gasteiger partial charge on any atom is 0.293 e. The number of hydrogen-bond donors (Lipinski definition) is 1. The summed E-state index contributed by atoms with van der Waals surface area (Å²) in [6.07, 6.45) is 3.09. The number of thioether (sulfide) groups is 1. The maximum absolute atomic E-state index is 12.3. The van der Waals surface area contributed by atoms with Crippen LogP contribution in [0, 0.1) is 0 Å². The molecule has 3 amide bonds. The van der Waals surface area contributed by atoms with E-state index in [4.69, 9.17) is 4.42 Å². The van der Waals surface area contributed by atoms with Gasteiger partial charge in [-0.2, -0.15) is 0 Å². The Bertz CT molecular complexity index is 784. The van der Waals surface area contributed by atoms with Crippen molar-refractivity contribution in [3.63, 3.8) is 0 Å². The van der Waals surface area contributed by atoms with Crippen molar-refractivity contribution in [2.75, 3.05) is 13.1 Å². The number of imide groups is 1. The van der Waals surface area contributed by atoms with Gasteiger partial charge in [-0.05, 0) is 35.5 Å². The quantitative estimate of drug-likeness (QED) is 0.845. The molecule has 1 saturated heterocycles. The van der Waals surface area contributed by atoms with E-state index in [1.165, 1.54) is 12.3 Å². The summed E-state index contributed by atoms with van der Waals surface area (Å²) in [6.45, 7) is 0.277. The van der Waals surface area contributed by atoms with Crippen LogP contribution in [0.4, 0.5) is 4.79 Å². The summed E-state index contributed by atoms with van der Waals surface area (Å²) in [4.78, 5) is 37.5. The van der Waals surface area contributed by atoms with Gasteiger partial charge in [0.1, 0.15) is 0 Å². The fourth-order valence-corrected chi connectivity index (χ4v) is 3.03. The van der Waals surface area contributed by atoms with Gasteiger partial charge in [0.2, 0.25) is 0 Å². The first kappa shape index (κ1) is 16.1. The van der Waals surface area contributed by atoms with Gasteiger partial charge in [0.05, 0.1) is 11.2 Å². The lowest BCUT2D eigenvalue weighted by Crippen LogP contribution is -2.37. The summed E-state index contributed by atoms with van der Waals surface area (Å²) in [5, 5.41) is 2.27. The predicted octanol–water partition coefficient (Wildman–Crippen LogP) is 2.75. The number of benzene rings is 1. The molecule has 1 aromatic heterocycles. The lowest BCUT2D eigenvalue weighted by Gasteiger charge is -2.12. The zero-order valence-electron chi connectivity index (χ0n) is 12.6. The van der Waals surface area contributed by atoms with Gasteiger partial charge in [0.15, 0.2) is 5.76 Å². The highest BCUT2D eigenvalue weighted by molar-refractivity contribution is 8.18. The number of furan rings is 1. The van der Waals surface area contributed by atoms with Crippen molar-refractivity contribution in [1.29, 1.82) is 0 Å². The highest BCUT2D eigenvalue weighted by atomic mass is 32.2. The number of carbonyl (C=O) groups is 3. The molecule has 2 aromatic rings. The molecule has 122 valence electrons. The Balaban J connectivity index is 1.59. The first-order valence-electron chi connectivity index (χ1n) is 7.27. The van der Waals surface area contributed by atoms with Crippen LogP contribution in [0.1, 0.15) is 16.1 Å². The molecule has 0 spiro atoms. The number of carbonyl (C=O) groups excluding carboxylic acids is 3. The summed E-state index contributed by atoms with van der Waals surface area (Å²) in [5.74, 6) is -0.541. The number of nitrogens with zero attached hydrogens (tertiary/aromatic N) is 1. The second kappa shape index (κ2) is 7.18. The van der Waals surface area contributed by atoms with E-state index in [1.807, 2.05) is 30.3 Å². The average molecular weight is 342 g/mol. The van der Waals surface area contributed by atoms with Crippen LogP contribution in [0.15, 0.2) is 58.1 Å². The van der Waals surface area contributed by atoms with Crippen LogP contribution >= 0.6 is 11.8 Å². The maximum atomic E-state index is 12.3. The van der Waals surface area contributed by atoms with E-state index in [0.717, 1.165) is 22.2 Å². The Morgan fingerprint density at radius 2 is 1.96 bits per heavy atom. The Morgan fingerprint density at radius 1 is 1.17 bits per heavy atom. The van der Waals surface area contributed by atoms with E-state index in [-0.39, 0.29) is 35.9 Å². The molecule has 24 heavy (non-hydrogen) atoms. The summed E-state index contributed by atoms with van der Waals surface area (Å²) in [6, 6.07) is 12.5. The minimum Gasteiger partial charge on any atom is -0.459 e. The smallest absolute Gasteiger partial charge is 0.293 e. The molecule has 7 heteroatoms. The minimum atomic E-state index is -0.383. The molecular formula is C17H14N2O4S. The van der Waals surface area contributed by atoms with E-state index >= 15 is 0 Å². The lowest BCUT2D eigenvalue weighted by molar-refractivity contribution is -0.122. The number of amides is 3. The highest BCUT2D eigenvalue weighted by Crippen LogP contribution is 2.31. The van der Waals surface area contributed by atoms with Gasteiger partial charge in [-0.15, -0.1) is 0 Å². The molecule has 0 radical (unpaired) electrons. The van der Waals surface area contributed by atoms with Crippen molar-refractivity contribution in [1.82, 2.24) is 10.2 Å². The fourth-order valence-electron chi connectivity index (χ4n) is 2.17. The molecule has 1 aliphatic heterocycles. The van der Waals surface area contributed by atoms with Crippen molar-refractivity contribution in [3.8, 4) is 0 Å². The molecule has 0 bridgehead atoms. The van der Waals surface area contributed by atoms with Gasteiger partial charge in [-0.25, -0.2) is 0 Å². The average Bonchev–Trinajstić information content (AvgIpc) is 3.20. The van der Waals surface area contributed by atoms with Crippen LogP contribution in [0.25, 0.3) is 6.08 Å². The monoisotopic (exact) mass is 342 g/mol. The molecule has 6 nitrogen and oxygen atoms in total. The van der Waals surface area contributed by atoms with Gasteiger partial charge in [0, 0.05) is 13.1 Å². The Kier molecular flexibility index (Phi) is 4.81. The minimum absolute atomic E-state index is 0.114. The van der Waals surface area contributed by atoms with Gasteiger partial charge >= 0.3 is 0 Å². The molecule has 1 aliphatic rings. The lowest BCUT2D eigenvalue weighted by atomic mass is 10.2. The van der Waals surface area contributed by atoms with Crippen LogP contribution in [-0.2, 0) is 4.79 Å². The van der Waals surface area contributed by atoms with Gasteiger partial charge in [0.25, 0.3) is 17.1 Å². The van der Waals surface area contributed by atoms with Crippen molar-refractivity contribution in [3.05, 3.63) is 65.0 Å². The SMILES string of the molecule is O=C(NCCN1C(=O)SC(=Cc2ccccc2)C1=O)c1ccco1. The molecule has 3 rings (SSSR count). The Labute approximate surface area is 142 Å². The second-order valence-electron chi connectivity index (χ2n) is 4.98. The van der Waals surface area contributed by atoms with Crippen molar-refractivity contribution in [2.45, 2.75) is 0 Å². The summed E-state index contributed by atoms with van der Waals surface area (Å²) in [5.41, 5.74) is 0.856. The van der Waals surface area contributed by atoms with E-state index in [0.29, 0.717) is 4.91 Å². The van der Waals surface area contributed by atoms with Crippen molar-refractivity contribution >= 4 is 34.9 Å². The van der Waals surface area contributed by atoms with Gasteiger partial charge in [-0.1, -0.05) is 30.3 Å². The van der Waals surface area contributed by atoms with Gasteiger partial charge < -0.3 is 9.73 Å². The van der Waals surface area contributed by atoms with Crippen LogP contribution in [0.2, 0.25) is 0 Å². The predicted molar refractivity (Wildman–Crippen MR) is 90.2 cm³/mol. The highest BCUT2D eigenvalue weighted by Gasteiger charge is 2.34. The Morgan fingerprint density at radius 3 is 2.67 bits per heavy atom. The third kappa shape index (κ3) is 3.57. The number of rotatable bonds is 5. The molecule has 1 fully saturated rings. The Hall–Kier alpha value is -2.80. The number of hydrogen-bond acceptors (Lipinski definition) is 5. The molecule has 1 N–H and O–H groups in total. The molecular weight excluding hydrogens is 328 g/mol. The molecule has 1 aromatic carbocycles. The standard InChI is InChI=1S/C17H14N2O4S/c20-15(13-7-4-10-23-13)18-8-9-19-16(21)14(24-17(19)22)11-12-5-2-1-3-6-12/h1-7,10-11H,8-9H2,(H,18,20). The molecule has 0 atom stereocenters. The largest absolute Gasteiger partial charge is 0.459 e. The van der Waals surface area contributed by atoms with Crippen molar-refractivity contribution in [2.24, 2.45) is 0 Å². The number of nitrogens with one attached hydrogen (secondary N) is 1. The van der Waals surface area contributed by atoms with Crippen LogP contribution < -0.4 is 5.32 Å². The third-order valence-corrected chi connectivity index (χ3v) is 4.24. The first-order chi connectivity index (χ1) is 11.6. The van der Waals surface area contributed by atoms with Crippen LogP contribution in [0.3, 0.4) is 0 Å². The third-order valence-electron chi connectivity index (χ3n) is 3.34. The van der Waals surface area contributed by atoms with E-state index in [9.17, 15) is 14.4 Å². The second-order valence-corrected chi connectivity index (χ2v) is 5.97. The van der Waals surface area contributed by atoms with E-state index < -0.39 is 0 Å². The fraction of sp³-hybridized carbons (Fsp3) is 0.118. The first-order valence-corrected chi connectivity index (χ1v) is 8.09. The van der Waals surface area contributed by atoms with Gasteiger partial charge in [-0.3, -0.25) is 19.3 Å². The van der Waals surface area contributed by atoms with Crippen LogP contribution in [-0.4, -0.2) is 35.0 Å². The van der Waals surface area contributed by atoms with Crippen LogP contribution in [0.5, 0.6) is 0 Å². The van der Waals surface area contributed by atoms with E-state index in [1.54, 1.807) is 12.1 Å². The molecule has 0 aliphatic carbocycles. The normalized spacial score (nSPS) is 16.0. The summed E-state index contributed by atoms with van der Waals surface area (Å²) >= 11 is 0.901. The van der Waals surface area contributed by atoms with E-state index in [2.05, 4.69) is 5.32 Å². The molecule has 2 heterocycles. The molecule has 0 unspecified atom stereocenters.